The summed E-state index contributed by atoms with van der Waals surface area (Å²) in [6.45, 7) is 2.18. The first kappa shape index (κ1) is 21.2. The van der Waals surface area contributed by atoms with E-state index in [0.29, 0.717) is 11.5 Å². The van der Waals surface area contributed by atoms with Gasteiger partial charge in [0, 0.05) is 0 Å². The van der Waals surface area contributed by atoms with Crippen LogP contribution in [0.1, 0.15) is 32.6 Å². The number of carbonyl (C=O) groups excluding carboxylic acids is 1. The third-order valence-corrected chi connectivity index (χ3v) is 5.01. The molecular formula is C20H19ClFO2Rb. The largest absolute Gasteiger partial charge is 1.00 e. The fourth-order valence-electron chi connectivity index (χ4n) is 3.09. The molecule has 25 heavy (non-hydrogen) atoms. The molecular weight excluding hydrogens is 412 g/mol. The monoisotopic (exact) mass is 430 g/mol. The number of halogens is 2. The van der Waals surface area contributed by atoms with E-state index in [1.807, 2.05) is 0 Å². The summed E-state index contributed by atoms with van der Waals surface area (Å²) in [6, 6.07) is 13.1. The maximum atomic E-state index is 14.5. The Morgan fingerprint density at radius 3 is 2.44 bits per heavy atom. The van der Waals surface area contributed by atoms with Gasteiger partial charge < -0.3 is 4.74 Å². The van der Waals surface area contributed by atoms with Gasteiger partial charge in [0.25, 0.3) is 0 Å². The molecule has 0 N–H and O–H groups in total. The van der Waals surface area contributed by atoms with Gasteiger partial charge in [0.05, 0.1) is 10.9 Å². The van der Waals surface area contributed by atoms with E-state index >= 15 is 0 Å². The van der Waals surface area contributed by atoms with Crippen LogP contribution in [0.15, 0.2) is 36.4 Å². The van der Waals surface area contributed by atoms with Gasteiger partial charge in [-0.15, -0.1) is 5.56 Å². The van der Waals surface area contributed by atoms with Gasteiger partial charge in [-0.1, -0.05) is 24.6 Å². The van der Waals surface area contributed by atoms with Crippen LogP contribution in [-0.2, 0) is 4.79 Å². The Morgan fingerprint density at radius 1 is 1.16 bits per heavy atom. The second-order valence-corrected chi connectivity index (χ2v) is 6.78. The standard InChI is InChI=1S/C20H19ClFO2.Rb/c1-13-7-9-15(10-8-13)20(23)24-17-12-11-16(18(21)19(17)22)14-5-3-2-4-6-14;/h3-6,11-13,15H,7-10H2,1H3;/q-1;+1. The van der Waals surface area contributed by atoms with Crippen LogP contribution < -0.4 is 62.9 Å². The molecule has 0 spiro atoms. The first-order valence-electron chi connectivity index (χ1n) is 8.22. The van der Waals surface area contributed by atoms with Crippen molar-refractivity contribution >= 4 is 17.6 Å². The predicted molar refractivity (Wildman–Crippen MR) is 92.4 cm³/mol. The van der Waals surface area contributed by atoms with Crippen molar-refractivity contribution in [3.63, 3.8) is 0 Å². The van der Waals surface area contributed by atoms with Crippen molar-refractivity contribution in [3.8, 4) is 16.9 Å². The van der Waals surface area contributed by atoms with Gasteiger partial charge in [-0.3, -0.25) is 4.79 Å². The van der Waals surface area contributed by atoms with Gasteiger partial charge in [-0.05, 0) is 43.2 Å². The van der Waals surface area contributed by atoms with Gasteiger partial charge in [0.15, 0.2) is 11.6 Å². The van der Waals surface area contributed by atoms with E-state index in [1.54, 1.807) is 30.3 Å². The van der Waals surface area contributed by atoms with Gasteiger partial charge in [-0.25, -0.2) is 4.39 Å². The van der Waals surface area contributed by atoms with Gasteiger partial charge in [-0.2, -0.15) is 30.3 Å². The minimum absolute atomic E-state index is 0. The van der Waals surface area contributed by atoms with Crippen molar-refractivity contribution in [3.05, 3.63) is 53.3 Å². The smallest absolute Gasteiger partial charge is 0.423 e. The van der Waals surface area contributed by atoms with Crippen molar-refractivity contribution in [2.75, 3.05) is 0 Å². The summed E-state index contributed by atoms with van der Waals surface area (Å²) >= 11 is 6.14. The fourth-order valence-corrected chi connectivity index (χ4v) is 3.35. The number of carbonyl (C=O) groups is 1. The van der Waals surface area contributed by atoms with E-state index in [4.69, 9.17) is 16.3 Å². The van der Waals surface area contributed by atoms with E-state index in [1.165, 1.54) is 6.07 Å². The average molecular weight is 431 g/mol. The Hall–Kier alpha value is -0.0648. The summed E-state index contributed by atoms with van der Waals surface area (Å²) in [4.78, 5) is 12.3. The predicted octanol–water partition coefficient (Wildman–Crippen LogP) is 2.68. The van der Waals surface area contributed by atoms with Gasteiger partial charge >= 0.3 is 64.2 Å². The van der Waals surface area contributed by atoms with Crippen LogP contribution in [-0.4, -0.2) is 5.97 Å². The molecule has 5 heteroatoms. The van der Waals surface area contributed by atoms with Gasteiger partial charge in [0.1, 0.15) is 0 Å². The van der Waals surface area contributed by atoms with Crippen molar-refractivity contribution in [1.29, 1.82) is 0 Å². The molecule has 0 atom stereocenters. The quantitative estimate of drug-likeness (QED) is 0.425. The van der Waals surface area contributed by atoms with E-state index in [9.17, 15) is 9.18 Å². The van der Waals surface area contributed by atoms with Crippen molar-refractivity contribution in [2.24, 2.45) is 11.8 Å². The first-order valence-corrected chi connectivity index (χ1v) is 8.60. The molecule has 0 aliphatic heterocycles. The third kappa shape index (κ3) is 5.23. The van der Waals surface area contributed by atoms with Crippen LogP contribution in [0, 0.1) is 23.7 Å². The zero-order valence-corrected chi connectivity index (χ0v) is 20.2. The molecule has 1 aliphatic carbocycles. The second kappa shape index (κ2) is 9.75. The summed E-state index contributed by atoms with van der Waals surface area (Å²) in [5.41, 5.74) is 1.35. The molecule has 1 saturated carbocycles. The van der Waals surface area contributed by atoms with Crippen molar-refractivity contribution < 1.29 is 72.1 Å². The van der Waals surface area contributed by atoms with Crippen molar-refractivity contribution in [2.45, 2.75) is 32.6 Å². The topological polar surface area (TPSA) is 26.3 Å². The van der Waals surface area contributed by atoms with E-state index < -0.39 is 5.82 Å². The Morgan fingerprint density at radius 2 is 1.80 bits per heavy atom. The molecule has 1 aliphatic rings. The zero-order chi connectivity index (χ0) is 17.1. The molecule has 0 aromatic heterocycles. The number of benzene rings is 2. The number of rotatable bonds is 3. The molecule has 126 valence electrons. The number of hydrogen-bond donors (Lipinski definition) is 0. The third-order valence-electron chi connectivity index (χ3n) is 4.64. The molecule has 0 heterocycles. The molecule has 0 saturated heterocycles. The minimum atomic E-state index is -0.695. The molecule has 0 bridgehead atoms. The average Bonchev–Trinajstić information content (AvgIpc) is 2.60. The molecule has 0 radical (unpaired) electrons. The van der Waals surface area contributed by atoms with Crippen LogP contribution >= 0.6 is 11.6 Å². The molecule has 2 aromatic rings. The summed E-state index contributed by atoms with van der Waals surface area (Å²) < 4.78 is 19.8. The van der Waals surface area contributed by atoms with Crippen LogP contribution in [0.25, 0.3) is 11.1 Å². The van der Waals surface area contributed by atoms with Crippen LogP contribution in [0.4, 0.5) is 4.39 Å². The summed E-state index contributed by atoms with van der Waals surface area (Å²) in [5.74, 6) is -0.667. The SMILES string of the molecule is CC1CCC(C(=O)Oc2ccc(-c3cc[c-]cc3)c(Cl)c2F)CC1.[Rb+]. The second-order valence-electron chi connectivity index (χ2n) is 6.41. The molecule has 1 fully saturated rings. The van der Waals surface area contributed by atoms with E-state index in [0.717, 1.165) is 31.2 Å². The van der Waals surface area contributed by atoms with Crippen LogP contribution in [0.3, 0.4) is 0 Å². The van der Waals surface area contributed by atoms with E-state index in [2.05, 4.69) is 13.0 Å². The van der Waals surface area contributed by atoms with Crippen LogP contribution in [0.5, 0.6) is 5.75 Å². The number of esters is 1. The Bertz CT molecular complexity index is 728. The zero-order valence-electron chi connectivity index (χ0n) is 14.5. The molecule has 0 amide bonds. The Balaban J connectivity index is 0.00000225. The maximum Gasteiger partial charge on any atom is 1.00 e. The Labute approximate surface area is 201 Å². The minimum Gasteiger partial charge on any atom is -0.423 e. The molecule has 0 unspecified atom stereocenters. The summed E-state index contributed by atoms with van der Waals surface area (Å²) in [5, 5.41) is -0.0382. The molecule has 2 nitrogen and oxygen atoms in total. The van der Waals surface area contributed by atoms with Crippen LogP contribution in [0.2, 0.25) is 5.02 Å². The molecule has 2 aromatic carbocycles. The normalized spacial score (nSPS) is 19.8. The fraction of sp³-hybridized carbons (Fsp3) is 0.350. The first-order chi connectivity index (χ1) is 11.6. The summed E-state index contributed by atoms with van der Waals surface area (Å²) in [7, 11) is 0. The van der Waals surface area contributed by atoms with E-state index in [-0.39, 0.29) is 80.8 Å². The maximum absolute atomic E-state index is 14.5. The molecule has 3 rings (SSSR count). The number of hydrogen-bond acceptors (Lipinski definition) is 2. The summed E-state index contributed by atoms with van der Waals surface area (Å²) in [6.07, 6.45) is 3.61. The Kier molecular flexibility index (Phi) is 8.28. The number of ether oxygens (including phenoxy) is 1. The van der Waals surface area contributed by atoms with Gasteiger partial charge in [0.2, 0.25) is 0 Å². The van der Waals surface area contributed by atoms with Crippen molar-refractivity contribution in [1.82, 2.24) is 0 Å².